The van der Waals surface area contributed by atoms with Crippen molar-refractivity contribution in [3.8, 4) is 0 Å². The maximum Gasteiger partial charge on any atom is 0.175 e. The summed E-state index contributed by atoms with van der Waals surface area (Å²) < 4.78 is 55.3. The van der Waals surface area contributed by atoms with E-state index in [1.54, 1.807) is 19.2 Å². The first kappa shape index (κ1) is 20.7. The zero-order valence-electron chi connectivity index (χ0n) is 14.5. The molecule has 1 aliphatic carbocycles. The number of methoxy groups -OCH3 is 1. The van der Waals surface area contributed by atoms with Crippen molar-refractivity contribution in [2.75, 3.05) is 25.7 Å². The minimum Gasteiger partial charge on any atom is -0.497 e. The van der Waals surface area contributed by atoms with Gasteiger partial charge < -0.3 is 10.1 Å². The van der Waals surface area contributed by atoms with Gasteiger partial charge in [0, 0.05) is 6.04 Å². The highest BCUT2D eigenvalue weighted by molar-refractivity contribution is 7.96. The summed E-state index contributed by atoms with van der Waals surface area (Å²) in [7, 11) is -4.43. The molecule has 1 unspecified atom stereocenters. The van der Waals surface area contributed by atoms with E-state index in [9.17, 15) is 16.8 Å². The van der Waals surface area contributed by atoms with Crippen molar-refractivity contribution in [2.45, 2.75) is 19.9 Å². The third-order valence-electron chi connectivity index (χ3n) is 4.29. The van der Waals surface area contributed by atoms with E-state index < -0.39 is 31.1 Å². The van der Waals surface area contributed by atoms with Crippen molar-refractivity contribution in [1.29, 1.82) is 0 Å². The molecule has 0 aromatic heterocycles. The molecule has 8 heteroatoms. The van der Waals surface area contributed by atoms with Gasteiger partial charge in [-0.15, -0.1) is 0 Å². The van der Waals surface area contributed by atoms with Crippen molar-refractivity contribution in [2.24, 2.45) is 5.41 Å². The summed E-state index contributed by atoms with van der Waals surface area (Å²) in [5.74, 6) is -0.0337. The second-order valence-corrected chi connectivity index (χ2v) is 10.00. The molecule has 0 saturated carbocycles. The molecule has 0 aliphatic heterocycles. The van der Waals surface area contributed by atoms with Crippen LogP contribution in [0.2, 0.25) is 0 Å². The normalized spacial score (nSPS) is 20.3. The zero-order valence-corrected chi connectivity index (χ0v) is 16.1. The van der Waals surface area contributed by atoms with Crippen LogP contribution in [-0.2, 0) is 24.4 Å². The first-order valence-corrected chi connectivity index (χ1v) is 10.8. The van der Waals surface area contributed by atoms with Crippen LogP contribution in [0.4, 0.5) is 0 Å². The Morgan fingerprint density at radius 3 is 1.96 bits per heavy atom. The third-order valence-corrected chi connectivity index (χ3v) is 7.99. The molecule has 136 valence electrons. The Morgan fingerprint density at radius 2 is 1.62 bits per heavy atom. The molecule has 0 aromatic carbocycles. The van der Waals surface area contributed by atoms with E-state index in [4.69, 9.17) is 4.74 Å². The summed E-state index contributed by atoms with van der Waals surface area (Å²) in [4.78, 5) is -0.421. The number of rotatable bonds is 8. The fourth-order valence-corrected chi connectivity index (χ4v) is 5.09. The average Bonchev–Trinajstić information content (AvgIpc) is 2.59. The Kier molecular flexibility index (Phi) is 6.24. The zero-order chi connectivity index (χ0) is 18.8. The molecule has 0 fully saturated rings. The van der Waals surface area contributed by atoms with Crippen molar-refractivity contribution in [1.82, 2.24) is 5.32 Å². The second kappa shape index (κ2) is 7.25. The lowest BCUT2D eigenvalue weighted by Crippen LogP contribution is -2.48. The molecule has 0 bridgehead atoms. The lowest BCUT2D eigenvalue weighted by molar-refractivity contribution is 0.291. The summed E-state index contributed by atoms with van der Waals surface area (Å²) in [5, 5.41) is 2.96. The van der Waals surface area contributed by atoms with Gasteiger partial charge in [-0.25, -0.2) is 16.8 Å². The predicted molar refractivity (Wildman–Crippen MR) is 96.7 cm³/mol. The van der Waals surface area contributed by atoms with Crippen LogP contribution in [0.3, 0.4) is 0 Å². The fourth-order valence-electron chi connectivity index (χ4n) is 2.68. The van der Waals surface area contributed by atoms with Gasteiger partial charge in [-0.2, -0.15) is 0 Å². The van der Waals surface area contributed by atoms with Crippen molar-refractivity contribution in [3.05, 3.63) is 47.0 Å². The second-order valence-electron chi connectivity index (χ2n) is 5.40. The highest BCUT2D eigenvalue weighted by atomic mass is 32.2. The van der Waals surface area contributed by atoms with E-state index in [-0.39, 0.29) is 21.3 Å². The number of likely N-dealkylation sites (N-methyl/N-ethyl adjacent to an activating group) is 1. The minimum absolute atomic E-state index is 0.191. The quantitative estimate of drug-likeness (QED) is 0.692. The number of allylic oxidation sites excluding steroid dienone is 1. The molecule has 24 heavy (non-hydrogen) atoms. The van der Waals surface area contributed by atoms with Crippen LogP contribution in [0.25, 0.3) is 0 Å². The van der Waals surface area contributed by atoms with Crippen molar-refractivity contribution >= 4 is 19.7 Å². The summed E-state index contributed by atoms with van der Waals surface area (Å²) in [6.45, 7) is 10.5. The van der Waals surface area contributed by atoms with Gasteiger partial charge in [0.25, 0.3) is 0 Å². The maximum atomic E-state index is 12.5. The molecular weight excluding hydrogens is 350 g/mol. The van der Waals surface area contributed by atoms with Crippen molar-refractivity contribution in [3.63, 3.8) is 0 Å². The molecule has 1 atom stereocenters. The molecule has 0 amide bonds. The van der Waals surface area contributed by atoms with Gasteiger partial charge in [-0.05, 0) is 19.2 Å². The number of sulfone groups is 2. The Labute approximate surface area is 144 Å². The van der Waals surface area contributed by atoms with Crippen LogP contribution in [0.5, 0.6) is 0 Å². The van der Waals surface area contributed by atoms with Crippen molar-refractivity contribution < 1.29 is 21.6 Å². The number of nitrogens with one attached hydrogen (secondary N) is 1. The van der Waals surface area contributed by atoms with Crippen LogP contribution >= 0.6 is 0 Å². The molecule has 6 nitrogen and oxygen atoms in total. The highest BCUT2D eigenvalue weighted by Crippen LogP contribution is 2.47. The molecule has 0 radical (unpaired) electrons. The van der Waals surface area contributed by atoms with Gasteiger partial charge in [0.05, 0.1) is 33.8 Å². The van der Waals surface area contributed by atoms with Gasteiger partial charge in [-0.1, -0.05) is 33.1 Å². The molecule has 1 N–H and O–H groups in total. The molecule has 0 aromatic rings. The van der Waals surface area contributed by atoms with E-state index in [2.05, 4.69) is 18.5 Å². The van der Waals surface area contributed by atoms with Crippen LogP contribution in [0.1, 0.15) is 13.8 Å². The van der Waals surface area contributed by atoms with Gasteiger partial charge in [-0.3, -0.25) is 0 Å². The van der Waals surface area contributed by atoms with Crippen LogP contribution in [-0.4, -0.2) is 48.5 Å². The smallest absolute Gasteiger partial charge is 0.175 e. The lowest BCUT2D eigenvalue weighted by Gasteiger charge is -2.41. The first-order chi connectivity index (χ1) is 11.0. The topological polar surface area (TPSA) is 89.5 Å². The summed E-state index contributed by atoms with van der Waals surface area (Å²) in [6, 6.07) is -0.640. The highest BCUT2D eigenvalue weighted by Gasteiger charge is 2.50. The molecular formula is C16H25NO5S2. The van der Waals surface area contributed by atoms with Gasteiger partial charge in [0.2, 0.25) is 0 Å². The van der Waals surface area contributed by atoms with Crippen LogP contribution in [0.15, 0.2) is 47.0 Å². The summed E-state index contributed by atoms with van der Waals surface area (Å²) in [6.07, 6.45) is 4.78. The van der Waals surface area contributed by atoms with E-state index >= 15 is 0 Å². The lowest BCUT2D eigenvalue weighted by atomic mass is 9.76. The van der Waals surface area contributed by atoms with Crippen LogP contribution < -0.4 is 5.32 Å². The largest absolute Gasteiger partial charge is 0.497 e. The Morgan fingerprint density at radius 1 is 1.17 bits per heavy atom. The molecule has 1 rings (SSSR count). The summed E-state index contributed by atoms with van der Waals surface area (Å²) in [5.41, 5.74) is -1.54. The minimum atomic E-state index is -3.74. The van der Waals surface area contributed by atoms with Gasteiger partial charge in [0.1, 0.15) is 5.76 Å². The maximum absolute atomic E-state index is 12.5. The van der Waals surface area contributed by atoms with Crippen LogP contribution in [0, 0.1) is 5.41 Å². The number of ether oxygens (including phenoxy) is 1. The average molecular weight is 376 g/mol. The molecule has 0 saturated heterocycles. The van der Waals surface area contributed by atoms with E-state index in [0.29, 0.717) is 5.76 Å². The monoisotopic (exact) mass is 375 g/mol. The SMILES string of the molecule is C=C(C1(C(=C)S(=O)(=O)CC)C=C(OC)C=CC1NC)S(=O)(=O)CC. The number of hydrogen-bond donors (Lipinski definition) is 1. The van der Waals surface area contributed by atoms with E-state index in [0.717, 1.165) is 0 Å². The van der Waals surface area contributed by atoms with E-state index in [1.807, 2.05) is 0 Å². The van der Waals surface area contributed by atoms with Gasteiger partial charge in [0.15, 0.2) is 19.7 Å². The Balaban J connectivity index is 3.83. The Bertz CT molecular complexity index is 742. The van der Waals surface area contributed by atoms with E-state index in [1.165, 1.54) is 27.0 Å². The fraction of sp³-hybridized carbons (Fsp3) is 0.500. The molecule has 1 aliphatic rings. The Hall–Kier alpha value is -1.38. The summed E-state index contributed by atoms with van der Waals surface area (Å²) >= 11 is 0. The standard InChI is InChI=1S/C16H25NO5S2/c1-7-23(18,19)12(3)16(13(4)24(20,21)8-2)11-14(22-6)9-10-15(16)17-5/h9-11,15,17H,3-4,7-8H2,1-2,5-6H3. The van der Waals surface area contributed by atoms with Gasteiger partial charge >= 0.3 is 0 Å². The third kappa shape index (κ3) is 3.36. The molecule has 0 heterocycles. The number of hydrogen-bond acceptors (Lipinski definition) is 6. The first-order valence-electron chi connectivity index (χ1n) is 7.50. The predicted octanol–water partition coefficient (Wildman–Crippen LogP) is 1.56. The molecule has 0 spiro atoms.